The zero-order valence-electron chi connectivity index (χ0n) is 15.5. The topological polar surface area (TPSA) is 63.7 Å². The highest BCUT2D eigenvalue weighted by Crippen LogP contribution is 2.35. The number of rotatable bonds is 5. The van der Waals surface area contributed by atoms with Crippen molar-refractivity contribution < 1.29 is 19.1 Å². The van der Waals surface area contributed by atoms with Gasteiger partial charge in [-0.25, -0.2) is 0 Å². The molecular formula is C21H19Cl2NO4. The van der Waals surface area contributed by atoms with E-state index in [0.29, 0.717) is 16.3 Å². The van der Waals surface area contributed by atoms with E-state index >= 15 is 0 Å². The number of Topliss-reactive ketones (excluding diaryl/α,β-unsaturated/α-hetero) is 1. The molecule has 7 heteroatoms. The predicted molar refractivity (Wildman–Crippen MR) is 108 cm³/mol. The molecule has 1 atom stereocenters. The van der Waals surface area contributed by atoms with E-state index in [1.54, 1.807) is 30.3 Å². The Labute approximate surface area is 173 Å². The highest BCUT2D eigenvalue weighted by Gasteiger charge is 2.37. The van der Waals surface area contributed by atoms with Crippen LogP contribution >= 0.6 is 23.2 Å². The average molecular weight is 420 g/mol. The van der Waals surface area contributed by atoms with Gasteiger partial charge in [0.25, 0.3) is 0 Å². The Kier molecular flexibility index (Phi) is 6.06. The fraction of sp³-hybridized carbons (Fsp3) is 0.286. The molecule has 0 spiro atoms. The minimum atomic E-state index is -0.657. The SMILES string of the molecule is Cc1ccc(C(=O)COC(=O)[C@H]2CC(=O)N(c3cccc(Cl)c3Cl)C2)cc1C. The van der Waals surface area contributed by atoms with Gasteiger partial charge in [-0.1, -0.05) is 41.4 Å². The molecule has 1 saturated heterocycles. The Morgan fingerprint density at radius 3 is 2.61 bits per heavy atom. The molecular weight excluding hydrogens is 401 g/mol. The van der Waals surface area contributed by atoms with Gasteiger partial charge in [-0.2, -0.15) is 0 Å². The lowest BCUT2D eigenvalue weighted by molar-refractivity contribution is -0.147. The van der Waals surface area contributed by atoms with Crippen molar-refractivity contribution in [2.75, 3.05) is 18.1 Å². The number of aryl methyl sites for hydroxylation is 2. The molecule has 1 amide bonds. The second kappa shape index (κ2) is 8.33. The molecule has 146 valence electrons. The maximum Gasteiger partial charge on any atom is 0.311 e. The van der Waals surface area contributed by atoms with E-state index < -0.39 is 11.9 Å². The van der Waals surface area contributed by atoms with Gasteiger partial charge in [0.1, 0.15) is 0 Å². The lowest BCUT2D eigenvalue weighted by Crippen LogP contribution is -2.27. The molecule has 0 radical (unpaired) electrons. The number of anilines is 1. The molecule has 0 aliphatic carbocycles. The van der Waals surface area contributed by atoms with E-state index in [1.165, 1.54) is 4.90 Å². The van der Waals surface area contributed by atoms with Crippen LogP contribution < -0.4 is 4.90 Å². The van der Waals surface area contributed by atoms with E-state index in [0.717, 1.165) is 11.1 Å². The van der Waals surface area contributed by atoms with E-state index in [1.807, 2.05) is 19.9 Å². The molecule has 1 fully saturated rings. The monoisotopic (exact) mass is 419 g/mol. The summed E-state index contributed by atoms with van der Waals surface area (Å²) in [5.41, 5.74) is 3.02. The van der Waals surface area contributed by atoms with Gasteiger partial charge >= 0.3 is 5.97 Å². The molecule has 1 heterocycles. The van der Waals surface area contributed by atoms with Crippen LogP contribution in [0.2, 0.25) is 10.0 Å². The molecule has 0 saturated carbocycles. The third kappa shape index (κ3) is 4.21. The summed E-state index contributed by atoms with van der Waals surface area (Å²) >= 11 is 12.2. The van der Waals surface area contributed by atoms with Gasteiger partial charge in [0.2, 0.25) is 5.91 Å². The third-order valence-electron chi connectivity index (χ3n) is 4.85. The Hall–Kier alpha value is -2.37. The predicted octanol–water partition coefficient (Wildman–Crippen LogP) is 4.39. The Morgan fingerprint density at radius 2 is 1.89 bits per heavy atom. The van der Waals surface area contributed by atoms with Gasteiger partial charge in [-0.3, -0.25) is 14.4 Å². The van der Waals surface area contributed by atoms with Crippen molar-refractivity contribution in [1.82, 2.24) is 0 Å². The molecule has 0 unspecified atom stereocenters. The summed E-state index contributed by atoms with van der Waals surface area (Å²) in [5, 5.41) is 0.591. The molecule has 5 nitrogen and oxygen atoms in total. The number of esters is 1. The summed E-state index contributed by atoms with van der Waals surface area (Å²) in [5.74, 6) is -1.76. The zero-order valence-corrected chi connectivity index (χ0v) is 17.0. The summed E-state index contributed by atoms with van der Waals surface area (Å²) in [6, 6.07) is 10.3. The van der Waals surface area contributed by atoms with Crippen LogP contribution in [-0.2, 0) is 14.3 Å². The number of halogens is 2. The maximum atomic E-state index is 12.4. The third-order valence-corrected chi connectivity index (χ3v) is 5.66. The van der Waals surface area contributed by atoms with Crippen LogP contribution in [0.5, 0.6) is 0 Å². The van der Waals surface area contributed by atoms with Crippen LogP contribution in [0.15, 0.2) is 36.4 Å². The molecule has 2 aromatic carbocycles. The van der Waals surface area contributed by atoms with Crippen LogP contribution in [0.4, 0.5) is 5.69 Å². The minimum Gasteiger partial charge on any atom is -0.457 e. The van der Waals surface area contributed by atoms with Crippen molar-refractivity contribution in [1.29, 1.82) is 0 Å². The van der Waals surface area contributed by atoms with Gasteiger partial charge < -0.3 is 9.64 Å². The average Bonchev–Trinajstić information content (AvgIpc) is 3.05. The molecule has 1 aliphatic rings. The first kappa shape index (κ1) is 20.4. The van der Waals surface area contributed by atoms with Crippen molar-refractivity contribution in [2.24, 2.45) is 5.92 Å². The first-order valence-electron chi connectivity index (χ1n) is 8.79. The van der Waals surface area contributed by atoms with Crippen molar-refractivity contribution in [3.05, 3.63) is 63.1 Å². The number of benzene rings is 2. The number of nitrogens with zero attached hydrogens (tertiary/aromatic N) is 1. The van der Waals surface area contributed by atoms with Crippen molar-refractivity contribution in [3.63, 3.8) is 0 Å². The highest BCUT2D eigenvalue weighted by molar-refractivity contribution is 6.44. The van der Waals surface area contributed by atoms with Crippen LogP contribution in [0.1, 0.15) is 27.9 Å². The van der Waals surface area contributed by atoms with Gasteiger partial charge in [0.05, 0.1) is 21.7 Å². The van der Waals surface area contributed by atoms with Gasteiger partial charge in [0.15, 0.2) is 12.4 Å². The largest absolute Gasteiger partial charge is 0.457 e. The first-order chi connectivity index (χ1) is 13.3. The summed E-state index contributed by atoms with van der Waals surface area (Å²) in [6.07, 6.45) is -0.000490. The Bertz CT molecular complexity index is 957. The normalized spacial score (nSPS) is 16.4. The molecule has 2 aromatic rings. The number of ether oxygens (including phenoxy) is 1. The highest BCUT2D eigenvalue weighted by atomic mass is 35.5. The molecule has 0 N–H and O–H groups in total. The van der Waals surface area contributed by atoms with Gasteiger partial charge in [0, 0.05) is 18.5 Å². The minimum absolute atomic E-state index is 0.000490. The zero-order chi connectivity index (χ0) is 20.4. The van der Waals surface area contributed by atoms with Crippen LogP contribution in [0, 0.1) is 19.8 Å². The summed E-state index contributed by atoms with van der Waals surface area (Å²) in [4.78, 5) is 38.4. The summed E-state index contributed by atoms with van der Waals surface area (Å²) in [7, 11) is 0. The first-order valence-corrected chi connectivity index (χ1v) is 9.55. The summed E-state index contributed by atoms with van der Waals surface area (Å²) < 4.78 is 5.17. The van der Waals surface area contributed by atoms with Crippen LogP contribution in [0.3, 0.4) is 0 Å². The quantitative estimate of drug-likeness (QED) is 0.532. The van der Waals surface area contributed by atoms with E-state index in [-0.39, 0.29) is 36.3 Å². The molecule has 1 aliphatic heterocycles. The van der Waals surface area contributed by atoms with E-state index in [9.17, 15) is 14.4 Å². The van der Waals surface area contributed by atoms with Crippen LogP contribution in [0.25, 0.3) is 0 Å². The van der Waals surface area contributed by atoms with Gasteiger partial charge in [-0.15, -0.1) is 0 Å². The smallest absolute Gasteiger partial charge is 0.311 e. The standard InChI is InChI=1S/C21H19Cl2NO4/c1-12-6-7-14(8-13(12)2)18(25)11-28-21(27)15-9-19(26)24(10-15)17-5-3-4-16(22)20(17)23/h3-8,15H,9-11H2,1-2H3/t15-/m0/s1. The maximum absolute atomic E-state index is 12.4. The Balaban J connectivity index is 1.62. The van der Waals surface area contributed by atoms with Crippen LogP contribution in [-0.4, -0.2) is 30.8 Å². The van der Waals surface area contributed by atoms with Gasteiger partial charge in [-0.05, 0) is 43.2 Å². The number of carbonyl (C=O) groups excluding carboxylic acids is 3. The van der Waals surface area contributed by atoms with Crippen molar-refractivity contribution >= 4 is 46.5 Å². The number of hydrogen-bond acceptors (Lipinski definition) is 4. The number of hydrogen-bond donors (Lipinski definition) is 0. The molecule has 0 bridgehead atoms. The molecule has 0 aromatic heterocycles. The Morgan fingerprint density at radius 1 is 1.14 bits per heavy atom. The van der Waals surface area contributed by atoms with E-state index in [4.69, 9.17) is 27.9 Å². The lowest BCUT2D eigenvalue weighted by atomic mass is 10.0. The molecule has 3 rings (SSSR count). The van der Waals surface area contributed by atoms with E-state index in [2.05, 4.69) is 0 Å². The fourth-order valence-electron chi connectivity index (χ4n) is 3.05. The second-order valence-corrected chi connectivity index (χ2v) is 7.59. The number of carbonyl (C=O) groups is 3. The number of ketones is 1. The second-order valence-electron chi connectivity index (χ2n) is 6.81. The molecule has 28 heavy (non-hydrogen) atoms. The van der Waals surface area contributed by atoms with Crippen molar-refractivity contribution in [3.8, 4) is 0 Å². The van der Waals surface area contributed by atoms with Crippen molar-refractivity contribution in [2.45, 2.75) is 20.3 Å². The summed E-state index contributed by atoms with van der Waals surface area (Å²) in [6.45, 7) is 3.65. The number of amides is 1. The fourth-order valence-corrected chi connectivity index (χ4v) is 3.45. The lowest BCUT2D eigenvalue weighted by Gasteiger charge is -2.18.